The molecule has 2 N–H and O–H groups in total. The van der Waals surface area contributed by atoms with Gasteiger partial charge >= 0.3 is 0 Å². The van der Waals surface area contributed by atoms with Crippen LogP contribution in [0.1, 0.15) is 143 Å². The lowest BCUT2D eigenvalue weighted by Crippen LogP contribution is -2.16. The van der Waals surface area contributed by atoms with Gasteiger partial charge in [0.05, 0.1) is 0 Å². The van der Waals surface area contributed by atoms with E-state index in [0.29, 0.717) is 0 Å². The van der Waals surface area contributed by atoms with Gasteiger partial charge in [0.15, 0.2) is 0 Å². The SMILES string of the molecule is CC#CC(C)(CCCN)CCCCCCCCCCCCCCCCCC. The topological polar surface area (TPSA) is 26.0 Å². The maximum Gasteiger partial charge on any atom is 0.0287 e. The van der Waals surface area contributed by atoms with Crippen LogP contribution in [0.15, 0.2) is 0 Å². The first-order chi connectivity index (χ1) is 13.2. The van der Waals surface area contributed by atoms with E-state index in [1.807, 2.05) is 6.92 Å². The van der Waals surface area contributed by atoms with Crippen LogP contribution < -0.4 is 5.73 Å². The molecule has 0 amide bonds. The zero-order valence-electron chi connectivity index (χ0n) is 19.2. The summed E-state index contributed by atoms with van der Waals surface area (Å²) >= 11 is 0. The summed E-state index contributed by atoms with van der Waals surface area (Å²) in [6.07, 6.45) is 26.4. The van der Waals surface area contributed by atoms with Crippen LogP contribution in [0.5, 0.6) is 0 Å². The third-order valence-corrected chi connectivity index (χ3v) is 5.94. The molecule has 1 atom stereocenters. The normalized spacial score (nSPS) is 13.2. The minimum atomic E-state index is 0.199. The molecule has 0 aliphatic heterocycles. The molecule has 0 spiro atoms. The van der Waals surface area contributed by atoms with Gasteiger partial charge in [-0.25, -0.2) is 0 Å². The maximum absolute atomic E-state index is 5.67. The molecule has 0 bridgehead atoms. The molecule has 0 saturated carbocycles. The van der Waals surface area contributed by atoms with Crippen molar-refractivity contribution in [3.63, 3.8) is 0 Å². The van der Waals surface area contributed by atoms with Crippen molar-refractivity contribution in [2.24, 2.45) is 11.1 Å². The van der Waals surface area contributed by atoms with Crippen LogP contribution in [-0.4, -0.2) is 6.54 Å². The van der Waals surface area contributed by atoms with Gasteiger partial charge in [-0.15, -0.1) is 5.92 Å². The Morgan fingerprint density at radius 1 is 0.593 bits per heavy atom. The minimum absolute atomic E-state index is 0.199. The van der Waals surface area contributed by atoms with Gasteiger partial charge < -0.3 is 5.73 Å². The smallest absolute Gasteiger partial charge is 0.0287 e. The molecular formula is C26H51N. The summed E-state index contributed by atoms with van der Waals surface area (Å²) in [5, 5.41) is 0. The van der Waals surface area contributed by atoms with E-state index in [0.717, 1.165) is 19.4 Å². The fraction of sp³-hybridized carbons (Fsp3) is 0.923. The quantitative estimate of drug-likeness (QED) is 0.167. The summed E-state index contributed by atoms with van der Waals surface area (Å²) in [4.78, 5) is 0. The van der Waals surface area contributed by atoms with Crippen LogP contribution in [-0.2, 0) is 0 Å². The molecule has 1 heteroatoms. The monoisotopic (exact) mass is 377 g/mol. The van der Waals surface area contributed by atoms with Gasteiger partial charge in [-0.1, -0.05) is 116 Å². The predicted octanol–water partition coefficient (Wildman–Crippen LogP) is 8.41. The van der Waals surface area contributed by atoms with Crippen molar-refractivity contribution in [2.75, 3.05) is 6.54 Å². The van der Waals surface area contributed by atoms with E-state index in [-0.39, 0.29) is 5.41 Å². The maximum atomic E-state index is 5.67. The Kier molecular flexibility index (Phi) is 19.9. The average molecular weight is 378 g/mol. The summed E-state index contributed by atoms with van der Waals surface area (Å²) in [6.45, 7) is 7.38. The van der Waals surface area contributed by atoms with Crippen molar-refractivity contribution in [3.8, 4) is 11.8 Å². The lowest BCUT2D eigenvalue weighted by molar-refractivity contribution is 0.351. The Morgan fingerprint density at radius 3 is 1.33 bits per heavy atom. The lowest BCUT2D eigenvalue weighted by Gasteiger charge is -2.23. The highest BCUT2D eigenvalue weighted by atomic mass is 14.5. The van der Waals surface area contributed by atoms with Gasteiger partial charge in [0.25, 0.3) is 0 Å². The Morgan fingerprint density at radius 2 is 0.963 bits per heavy atom. The molecule has 0 radical (unpaired) electrons. The molecule has 0 rings (SSSR count). The molecule has 0 aromatic carbocycles. The Hall–Kier alpha value is -0.480. The zero-order valence-corrected chi connectivity index (χ0v) is 19.2. The summed E-state index contributed by atoms with van der Waals surface area (Å²) < 4.78 is 0. The van der Waals surface area contributed by atoms with Gasteiger partial charge in [-0.2, -0.15) is 0 Å². The van der Waals surface area contributed by atoms with E-state index in [4.69, 9.17) is 5.73 Å². The van der Waals surface area contributed by atoms with E-state index < -0.39 is 0 Å². The summed E-state index contributed by atoms with van der Waals surface area (Å²) in [5.74, 6) is 6.57. The Labute approximate surface area is 172 Å². The molecule has 0 aliphatic carbocycles. The fourth-order valence-electron chi connectivity index (χ4n) is 4.11. The number of hydrogen-bond donors (Lipinski definition) is 1. The first-order valence-corrected chi connectivity index (χ1v) is 12.3. The standard InChI is InChI=1S/C26H51N/c1-4-6-7-8-9-10-11-12-13-14-15-16-17-18-19-20-23-26(3,22-5-2)24-21-25-27/h4,6-21,23-25,27H2,1-3H3. The van der Waals surface area contributed by atoms with Gasteiger partial charge in [-0.05, 0) is 39.7 Å². The second kappa shape index (κ2) is 20.3. The third-order valence-electron chi connectivity index (χ3n) is 5.94. The number of hydrogen-bond acceptors (Lipinski definition) is 1. The largest absolute Gasteiger partial charge is 0.330 e. The van der Waals surface area contributed by atoms with Gasteiger partial charge in [0.2, 0.25) is 0 Å². The van der Waals surface area contributed by atoms with Crippen LogP contribution in [0.25, 0.3) is 0 Å². The molecule has 0 aromatic rings. The molecule has 1 nitrogen and oxygen atoms in total. The second-order valence-electron chi connectivity index (χ2n) is 8.88. The van der Waals surface area contributed by atoms with Gasteiger partial charge in [0, 0.05) is 5.41 Å². The van der Waals surface area contributed by atoms with Crippen molar-refractivity contribution >= 4 is 0 Å². The molecule has 1 unspecified atom stereocenters. The molecule has 0 aliphatic rings. The summed E-state index contributed by atoms with van der Waals surface area (Å²) in [6, 6.07) is 0. The van der Waals surface area contributed by atoms with E-state index in [1.165, 1.54) is 109 Å². The van der Waals surface area contributed by atoms with E-state index in [2.05, 4.69) is 25.7 Å². The molecule has 0 saturated heterocycles. The fourth-order valence-corrected chi connectivity index (χ4v) is 4.11. The van der Waals surface area contributed by atoms with Crippen LogP contribution >= 0.6 is 0 Å². The van der Waals surface area contributed by atoms with Crippen LogP contribution in [0.3, 0.4) is 0 Å². The molecular weight excluding hydrogens is 326 g/mol. The highest BCUT2D eigenvalue weighted by molar-refractivity contribution is 5.08. The molecule has 0 fully saturated rings. The molecule has 160 valence electrons. The average Bonchev–Trinajstić information content (AvgIpc) is 2.66. The Balaban J connectivity index is 3.35. The predicted molar refractivity (Wildman–Crippen MR) is 124 cm³/mol. The minimum Gasteiger partial charge on any atom is -0.330 e. The summed E-state index contributed by atoms with van der Waals surface area (Å²) in [7, 11) is 0. The van der Waals surface area contributed by atoms with E-state index in [1.54, 1.807) is 0 Å². The Bertz CT molecular complexity index is 351. The van der Waals surface area contributed by atoms with Crippen molar-refractivity contribution in [2.45, 2.75) is 143 Å². The van der Waals surface area contributed by atoms with Gasteiger partial charge in [0.1, 0.15) is 0 Å². The van der Waals surface area contributed by atoms with Crippen molar-refractivity contribution in [1.82, 2.24) is 0 Å². The molecule has 0 heterocycles. The van der Waals surface area contributed by atoms with Crippen LogP contribution in [0, 0.1) is 17.3 Å². The zero-order chi connectivity index (χ0) is 20.1. The van der Waals surface area contributed by atoms with Crippen LogP contribution in [0.4, 0.5) is 0 Å². The number of unbranched alkanes of at least 4 members (excludes halogenated alkanes) is 15. The van der Waals surface area contributed by atoms with Crippen LogP contribution in [0.2, 0.25) is 0 Å². The molecule has 0 aromatic heterocycles. The highest BCUT2D eigenvalue weighted by Gasteiger charge is 2.19. The third kappa shape index (κ3) is 18.6. The van der Waals surface area contributed by atoms with Gasteiger partial charge in [-0.3, -0.25) is 0 Å². The van der Waals surface area contributed by atoms with Crippen molar-refractivity contribution in [3.05, 3.63) is 0 Å². The highest BCUT2D eigenvalue weighted by Crippen LogP contribution is 2.29. The van der Waals surface area contributed by atoms with E-state index >= 15 is 0 Å². The number of nitrogens with two attached hydrogens (primary N) is 1. The first-order valence-electron chi connectivity index (χ1n) is 12.3. The van der Waals surface area contributed by atoms with E-state index in [9.17, 15) is 0 Å². The van der Waals surface area contributed by atoms with Crippen molar-refractivity contribution < 1.29 is 0 Å². The van der Waals surface area contributed by atoms with Crippen molar-refractivity contribution in [1.29, 1.82) is 0 Å². The number of rotatable bonds is 20. The first kappa shape index (κ1) is 26.5. The summed E-state index contributed by atoms with van der Waals surface area (Å²) in [5.41, 5.74) is 5.87. The lowest BCUT2D eigenvalue weighted by atomic mass is 9.81. The second-order valence-corrected chi connectivity index (χ2v) is 8.88. The molecule has 27 heavy (non-hydrogen) atoms.